The number of nitrogens with zero attached hydrogens (tertiary/aromatic N) is 3. The van der Waals surface area contributed by atoms with Crippen molar-refractivity contribution in [2.24, 2.45) is 0 Å². The Bertz CT molecular complexity index is 632. The number of hydrogen-bond acceptors (Lipinski definition) is 6. The number of sulfonamides is 1. The van der Waals surface area contributed by atoms with Crippen LogP contribution in [0.2, 0.25) is 0 Å². The summed E-state index contributed by atoms with van der Waals surface area (Å²) in [5, 5.41) is 10.3. The van der Waals surface area contributed by atoms with Gasteiger partial charge in [0, 0.05) is 19.3 Å². The van der Waals surface area contributed by atoms with Crippen molar-refractivity contribution in [2.75, 3.05) is 18.8 Å². The standard InChI is InChI=1S/C11H14N4O4S/c1-3-7-14(8-4-2)20(18,19)11-10(15(16)17)9(12)5-6-13-11/h3-6H,1-2,7-8H2,(H2,12,13). The van der Waals surface area contributed by atoms with Crippen molar-refractivity contribution < 1.29 is 13.3 Å². The molecular weight excluding hydrogens is 284 g/mol. The quantitative estimate of drug-likeness (QED) is 0.454. The van der Waals surface area contributed by atoms with Gasteiger partial charge in [-0.3, -0.25) is 10.1 Å². The second kappa shape index (κ2) is 6.26. The van der Waals surface area contributed by atoms with E-state index < -0.39 is 25.7 Å². The maximum Gasteiger partial charge on any atom is 0.330 e. The third kappa shape index (κ3) is 3.00. The molecule has 0 aromatic carbocycles. The van der Waals surface area contributed by atoms with Gasteiger partial charge in [0.15, 0.2) is 0 Å². The Hall–Kier alpha value is -2.26. The smallest absolute Gasteiger partial charge is 0.330 e. The minimum absolute atomic E-state index is 0.0258. The van der Waals surface area contributed by atoms with E-state index in [-0.39, 0.29) is 18.8 Å². The van der Waals surface area contributed by atoms with Crippen LogP contribution in [0.1, 0.15) is 0 Å². The molecule has 2 N–H and O–H groups in total. The molecule has 1 aromatic heterocycles. The summed E-state index contributed by atoms with van der Waals surface area (Å²) < 4.78 is 25.8. The van der Waals surface area contributed by atoms with E-state index in [9.17, 15) is 18.5 Å². The van der Waals surface area contributed by atoms with Crippen molar-refractivity contribution in [3.8, 4) is 0 Å². The Labute approximate surface area is 116 Å². The van der Waals surface area contributed by atoms with Gasteiger partial charge < -0.3 is 5.73 Å². The first kappa shape index (κ1) is 15.8. The summed E-state index contributed by atoms with van der Waals surface area (Å²) in [5.74, 6) is 0. The van der Waals surface area contributed by atoms with Gasteiger partial charge in [-0.1, -0.05) is 12.2 Å². The Kier molecular flexibility index (Phi) is 4.94. The van der Waals surface area contributed by atoms with Crippen LogP contribution in [0.4, 0.5) is 11.4 Å². The van der Waals surface area contributed by atoms with Gasteiger partial charge in [0.05, 0.1) is 4.92 Å². The molecule has 0 amide bonds. The zero-order valence-electron chi connectivity index (χ0n) is 10.6. The van der Waals surface area contributed by atoms with E-state index in [0.717, 1.165) is 10.5 Å². The molecule has 0 spiro atoms. The molecule has 0 saturated carbocycles. The molecule has 0 aliphatic rings. The fourth-order valence-electron chi connectivity index (χ4n) is 1.50. The molecule has 0 fully saturated rings. The molecule has 0 radical (unpaired) electrons. The van der Waals surface area contributed by atoms with E-state index in [1.807, 2.05) is 0 Å². The van der Waals surface area contributed by atoms with E-state index in [1.165, 1.54) is 18.2 Å². The summed E-state index contributed by atoms with van der Waals surface area (Å²) in [6.45, 7) is 6.84. The first-order valence-corrected chi connectivity index (χ1v) is 6.91. The van der Waals surface area contributed by atoms with Gasteiger partial charge in [-0.15, -0.1) is 13.2 Å². The predicted octanol–water partition coefficient (Wildman–Crippen LogP) is 0.935. The molecular formula is C11H14N4O4S. The molecule has 8 nitrogen and oxygen atoms in total. The molecule has 0 aliphatic carbocycles. The maximum absolute atomic E-state index is 12.4. The van der Waals surface area contributed by atoms with Crippen molar-refractivity contribution in [1.82, 2.24) is 9.29 Å². The van der Waals surface area contributed by atoms with E-state index in [2.05, 4.69) is 18.1 Å². The second-order valence-corrected chi connectivity index (χ2v) is 5.56. The van der Waals surface area contributed by atoms with Crippen LogP contribution in [0.25, 0.3) is 0 Å². The molecule has 1 heterocycles. The van der Waals surface area contributed by atoms with Crippen LogP contribution in [0.5, 0.6) is 0 Å². The number of nitrogens with two attached hydrogens (primary N) is 1. The van der Waals surface area contributed by atoms with Gasteiger partial charge in [0.2, 0.25) is 0 Å². The average Bonchev–Trinajstić information content (AvgIpc) is 2.37. The van der Waals surface area contributed by atoms with Crippen LogP contribution >= 0.6 is 0 Å². The van der Waals surface area contributed by atoms with Crippen LogP contribution < -0.4 is 5.73 Å². The third-order valence-electron chi connectivity index (χ3n) is 2.35. The van der Waals surface area contributed by atoms with Gasteiger partial charge in [0.1, 0.15) is 5.69 Å². The van der Waals surface area contributed by atoms with Crippen LogP contribution in [0, 0.1) is 10.1 Å². The maximum atomic E-state index is 12.4. The molecule has 0 atom stereocenters. The first-order chi connectivity index (χ1) is 9.36. The highest BCUT2D eigenvalue weighted by Crippen LogP contribution is 2.29. The summed E-state index contributed by atoms with van der Waals surface area (Å²) in [7, 11) is -4.17. The van der Waals surface area contributed by atoms with Gasteiger partial charge in [0.25, 0.3) is 15.0 Å². The van der Waals surface area contributed by atoms with E-state index >= 15 is 0 Å². The molecule has 9 heteroatoms. The van der Waals surface area contributed by atoms with Crippen LogP contribution in [0.15, 0.2) is 42.6 Å². The summed E-state index contributed by atoms with van der Waals surface area (Å²) in [5.41, 5.74) is 4.47. The van der Waals surface area contributed by atoms with E-state index in [1.54, 1.807) is 0 Å². The monoisotopic (exact) mass is 298 g/mol. The number of nitro groups is 1. The molecule has 108 valence electrons. The number of aromatic nitrogens is 1. The van der Waals surface area contributed by atoms with Gasteiger partial charge in [-0.25, -0.2) is 13.4 Å². The average molecular weight is 298 g/mol. The van der Waals surface area contributed by atoms with Gasteiger partial charge >= 0.3 is 5.69 Å². The predicted molar refractivity (Wildman–Crippen MR) is 74.5 cm³/mol. The third-order valence-corrected chi connectivity index (χ3v) is 4.12. The second-order valence-electron chi connectivity index (χ2n) is 3.71. The Morgan fingerprint density at radius 2 is 1.95 bits per heavy atom. The largest absolute Gasteiger partial charge is 0.393 e. The van der Waals surface area contributed by atoms with E-state index in [4.69, 9.17) is 5.73 Å². The lowest BCUT2D eigenvalue weighted by atomic mass is 10.4. The van der Waals surface area contributed by atoms with Crippen molar-refractivity contribution in [2.45, 2.75) is 5.03 Å². The zero-order valence-corrected chi connectivity index (χ0v) is 11.4. The highest BCUT2D eigenvalue weighted by Gasteiger charge is 2.34. The highest BCUT2D eigenvalue weighted by atomic mass is 32.2. The lowest BCUT2D eigenvalue weighted by Crippen LogP contribution is -2.32. The lowest BCUT2D eigenvalue weighted by Gasteiger charge is -2.18. The summed E-state index contributed by atoms with van der Waals surface area (Å²) in [6, 6.07) is 1.17. The summed E-state index contributed by atoms with van der Waals surface area (Å²) >= 11 is 0. The lowest BCUT2D eigenvalue weighted by molar-refractivity contribution is -0.387. The molecule has 0 bridgehead atoms. The topological polar surface area (TPSA) is 119 Å². The van der Waals surface area contributed by atoms with Crippen molar-refractivity contribution in [3.05, 3.63) is 47.7 Å². The normalized spacial score (nSPS) is 11.2. The van der Waals surface area contributed by atoms with Gasteiger partial charge in [-0.2, -0.15) is 4.31 Å². The Morgan fingerprint density at radius 3 is 2.40 bits per heavy atom. The number of anilines is 1. The molecule has 1 rings (SSSR count). The summed E-state index contributed by atoms with van der Waals surface area (Å²) in [6.07, 6.45) is 3.83. The van der Waals surface area contributed by atoms with Gasteiger partial charge in [-0.05, 0) is 6.07 Å². The van der Waals surface area contributed by atoms with Crippen LogP contribution in [-0.4, -0.2) is 35.7 Å². The Balaban J connectivity index is 3.48. The fourth-order valence-corrected chi connectivity index (χ4v) is 2.98. The highest BCUT2D eigenvalue weighted by molar-refractivity contribution is 7.89. The minimum atomic E-state index is -4.17. The van der Waals surface area contributed by atoms with E-state index in [0.29, 0.717) is 0 Å². The fraction of sp³-hybridized carbons (Fsp3) is 0.182. The Morgan fingerprint density at radius 1 is 1.40 bits per heavy atom. The van der Waals surface area contributed by atoms with Crippen LogP contribution in [0.3, 0.4) is 0 Å². The SMILES string of the molecule is C=CCN(CC=C)S(=O)(=O)c1nccc(N)c1[N+](=O)[O-]. The number of nitrogen functional groups attached to an aromatic ring is 1. The first-order valence-electron chi connectivity index (χ1n) is 5.47. The number of pyridine rings is 1. The number of hydrogen-bond donors (Lipinski definition) is 1. The zero-order chi connectivity index (χ0) is 15.3. The van der Waals surface area contributed by atoms with Crippen molar-refractivity contribution in [1.29, 1.82) is 0 Å². The molecule has 0 aliphatic heterocycles. The van der Waals surface area contributed by atoms with Crippen molar-refractivity contribution in [3.63, 3.8) is 0 Å². The summed E-state index contributed by atoms with van der Waals surface area (Å²) in [4.78, 5) is 13.7. The van der Waals surface area contributed by atoms with Crippen molar-refractivity contribution >= 4 is 21.4 Å². The molecule has 0 saturated heterocycles. The van der Waals surface area contributed by atoms with Crippen LogP contribution in [-0.2, 0) is 10.0 Å². The molecule has 1 aromatic rings. The molecule has 0 unspecified atom stereocenters. The number of rotatable bonds is 7. The molecule has 20 heavy (non-hydrogen) atoms. The minimum Gasteiger partial charge on any atom is -0.393 e.